The van der Waals surface area contributed by atoms with Crippen molar-refractivity contribution in [3.8, 4) is 11.3 Å². The van der Waals surface area contributed by atoms with E-state index in [0.29, 0.717) is 6.42 Å². The van der Waals surface area contributed by atoms with E-state index in [1.165, 1.54) is 0 Å². The molecule has 0 saturated heterocycles. The molecular weight excluding hydrogens is 697 g/mol. The molecule has 14 heteroatoms. The number of carboxylic acid groups (broad SMARTS) is 1. The highest BCUT2D eigenvalue weighted by molar-refractivity contribution is 7.88. The maximum Gasteiger partial charge on any atom is 0.405 e. The Hall–Kier alpha value is -4.37. The maximum atomic E-state index is 13.9. The number of sulfonamides is 1. The third-order valence-electron chi connectivity index (χ3n) is 8.72. The van der Waals surface area contributed by atoms with Gasteiger partial charge in [0.25, 0.3) is 0 Å². The predicted octanol–water partition coefficient (Wildman–Crippen LogP) is 3.49. The Kier molecular flexibility index (Phi) is 15.5. The predicted molar refractivity (Wildman–Crippen MR) is 207 cm³/mol. The molecule has 3 amide bonds. The van der Waals surface area contributed by atoms with Gasteiger partial charge >= 0.3 is 6.09 Å². The lowest BCUT2D eigenvalue weighted by Crippen LogP contribution is -2.58. The monoisotopic (exact) mass is 752 g/mol. The average molecular weight is 753 g/mol. The van der Waals surface area contributed by atoms with Crippen LogP contribution in [0.5, 0.6) is 0 Å². The molecule has 1 heterocycles. The maximum absolute atomic E-state index is 13.9. The number of amides is 3. The first kappa shape index (κ1) is 43.0. The molecule has 0 saturated carbocycles. The minimum absolute atomic E-state index is 0.0291. The van der Waals surface area contributed by atoms with E-state index in [4.69, 9.17) is 0 Å². The minimum atomic E-state index is -3.41. The van der Waals surface area contributed by atoms with E-state index >= 15 is 0 Å². The number of pyridine rings is 1. The number of hydrogen-bond acceptors (Lipinski definition) is 8. The summed E-state index contributed by atoms with van der Waals surface area (Å²) >= 11 is 0. The Bertz CT molecular complexity index is 1730. The van der Waals surface area contributed by atoms with Crippen molar-refractivity contribution in [1.82, 2.24) is 31.0 Å². The van der Waals surface area contributed by atoms with Crippen LogP contribution in [0.1, 0.15) is 59.1 Å². The molecule has 0 spiro atoms. The fourth-order valence-corrected chi connectivity index (χ4v) is 6.50. The number of aromatic nitrogens is 1. The third kappa shape index (κ3) is 14.9. The minimum Gasteiger partial charge on any atom is -0.465 e. The second kappa shape index (κ2) is 19.1. The van der Waals surface area contributed by atoms with Crippen LogP contribution < -0.4 is 26.0 Å². The van der Waals surface area contributed by atoms with Crippen molar-refractivity contribution in [3.63, 3.8) is 0 Å². The van der Waals surface area contributed by atoms with Gasteiger partial charge in [-0.2, -0.15) is 0 Å². The van der Waals surface area contributed by atoms with Gasteiger partial charge in [0.2, 0.25) is 21.8 Å². The summed E-state index contributed by atoms with van der Waals surface area (Å²) in [5.74, 6) is -0.911. The molecule has 0 bridgehead atoms. The summed E-state index contributed by atoms with van der Waals surface area (Å²) in [5, 5.41) is 33.0. The summed E-state index contributed by atoms with van der Waals surface area (Å²) in [6.45, 7) is 11.2. The van der Waals surface area contributed by atoms with Gasteiger partial charge in [0.1, 0.15) is 6.04 Å². The molecule has 2 aromatic carbocycles. The number of hydrogen-bond donors (Lipinski definition) is 7. The van der Waals surface area contributed by atoms with Gasteiger partial charge in [-0.15, -0.1) is 0 Å². The second-order valence-electron chi connectivity index (χ2n) is 15.6. The van der Waals surface area contributed by atoms with Crippen LogP contribution >= 0.6 is 0 Å². The highest BCUT2D eigenvalue weighted by atomic mass is 32.2. The zero-order chi connectivity index (χ0) is 39.4. The molecule has 3 rings (SSSR count). The molecule has 1 aromatic heterocycles. The summed E-state index contributed by atoms with van der Waals surface area (Å²) in [6, 6.07) is 19.5. The van der Waals surface area contributed by atoms with Crippen LogP contribution in [0.2, 0.25) is 0 Å². The van der Waals surface area contributed by atoms with Crippen LogP contribution in [0.4, 0.5) is 4.79 Å². The fraction of sp³-hybridized carbons (Fsp3) is 0.487. The number of aliphatic hydroxyl groups excluding tert-OH is 1. The van der Waals surface area contributed by atoms with E-state index in [9.17, 15) is 33.0 Å². The first-order valence-electron chi connectivity index (χ1n) is 17.7. The SMILES string of the molecule is CC(C)(C)[C@H](NCCNS(C)(=O)=O)C(=O)N[C@@H](Cc1ccccc1)[C@@H](O)C[C@@H](Cc1ccc(-c2ccccn2)cc1)NC(=O)[C@@H](NC(=O)O)C(C)(C)C. The first-order chi connectivity index (χ1) is 24.7. The van der Waals surface area contributed by atoms with Crippen LogP contribution in [0.15, 0.2) is 79.0 Å². The lowest BCUT2D eigenvalue weighted by molar-refractivity contribution is -0.128. The topological polar surface area (TPSA) is 199 Å². The molecule has 0 aliphatic rings. The molecule has 0 aliphatic heterocycles. The van der Waals surface area contributed by atoms with Gasteiger partial charge in [0.15, 0.2) is 0 Å². The van der Waals surface area contributed by atoms with Gasteiger partial charge in [-0.1, -0.05) is 102 Å². The largest absolute Gasteiger partial charge is 0.465 e. The summed E-state index contributed by atoms with van der Waals surface area (Å²) in [4.78, 5) is 43.7. The van der Waals surface area contributed by atoms with Gasteiger partial charge < -0.3 is 31.5 Å². The molecule has 0 aliphatic carbocycles. The number of aliphatic hydroxyl groups is 1. The summed E-state index contributed by atoms with van der Waals surface area (Å²) in [6.07, 6.45) is 0.919. The van der Waals surface area contributed by atoms with E-state index in [0.717, 1.165) is 28.6 Å². The van der Waals surface area contributed by atoms with Crippen LogP contribution in [-0.2, 0) is 32.5 Å². The van der Waals surface area contributed by atoms with Crippen molar-refractivity contribution in [2.45, 2.75) is 91.1 Å². The van der Waals surface area contributed by atoms with Crippen molar-refractivity contribution < 1.29 is 33.0 Å². The Balaban J connectivity index is 1.92. The molecule has 0 fully saturated rings. The average Bonchev–Trinajstić information content (AvgIpc) is 3.06. The number of carbonyl (C=O) groups excluding carboxylic acids is 2. The quantitative estimate of drug-likeness (QED) is 0.0951. The van der Waals surface area contributed by atoms with Crippen LogP contribution in [0.25, 0.3) is 11.3 Å². The smallest absolute Gasteiger partial charge is 0.405 e. The number of rotatable bonds is 18. The van der Waals surface area contributed by atoms with Gasteiger partial charge in [0, 0.05) is 30.9 Å². The molecule has 0 unspecified atom stereocenters. The van der Waals surface area contributed by atoms with Crippen LogP contribution in [0.3, 0.4) is 0 Å². The van der Waals surface area contributed by atoms with Crippen molar-refractivity contribution in [2.24, 2.45) is 10.8 Å². The number of benzene rings is 2. The van der Waals surface area contributed by atoms with Gasteiger partial charge in [-0.3, -0.25) is 14.6 Å². The summed E-state index contributed by atoms with van der Waals surface area (Å²) in [7, 11) is -3.41. The Morgan fingerprint density at radius 3 is 1.87 bits per heavy atom. The lowest BCUT2D eigenvalue weighted by Gasteiger charge is -2.35. The Morgan fingerprint density at radius 2 is 1.32 bits per heavy atom. The van der Waals surface area contributed by atoms with Crippen LogP contribution in [0, 0.1) is 10.8 Å². The van der Waals surface area contributed by atoms with Crippen LogP contribution in [-0.4, -0.2) is 91.1 Å². The zero-order valence-electron chi connectivity index (χ0n) is 31.7. The van der Waals surface area contributed by atoms with E-state index in [1.807, 2.05) is 93.6 Å². The normalized spacial score (nSPS) is 15.0. The van der Waals surface area contributed by atoms with Crippen molar-refractivity contribution in [3.05, 3.63) is 90.1 Å². The number of nitrogens with zero attached hydrogens (tertiary/aromatic N) is 1. The van der Waals surface area contributed by atoms with E-state index in [1.54, 1.807) is 27.0 Å². The zero-order valence-corrected chi connectivity index (χ0v) is 32.5. The third-order valence-corrected chi connectivity index (χ3v) is 9.45. The molecule has 7 N–H and O–H groups in total. The van der Waals surface area contributed by atoms with Gasteiger partial charge in [-0.25, -0.2) is 17.9 Å². The fourth-order valence-electron chi connectivity index (χ4n) is 6.02. The van der Waals surface area contributed by atoms with Crippen molar-refractivity contribution in [1.29, 1.82) is 0 Å². The van der Waals surface area contributed by atoms with Gasteiger partial charge in [0.05, 0.1) is 30.1 Å². The Labute approximate surface area is 313 Å². The molecule has 290 valence electrons. The van der Waals surface area contributed by atoms with Gasteiger partial charge in [-0.05, 0) is 53.4 Å². The number of carbonyl (C=O) groups is 3. The van der Waals surface area contributed by atoms with E-state index in [2.05, 4.69) is 31.0 Å². The molecule has 13 nitrogen and oxygen atoms in total. The number of nitrogens with one attached hydrogen (secondary N) is 5. The van der Waals surface area contributed by atoms with Crippen molar-refractivity contribution in [2.75, 3.05) is 19.3 Å². The van der Waals surface area contributed by atoms with Crippen molar-refractivity contribution >= 4 is 27.9 Å². The summed E-state index contributed by atoms with van der Waals surface area (Å²) in [5.41, 5.74) is 2.12. The Morgan fingerprint density at radius 1 is 0.736 bits per heavy atom. The van der Waals surface area contributed by atoms with E-state index < -0.39 is 63.1 Å². The highest BCUT2D eigenvalue weighted by Gasteiger charge is 2.36. The molecule has 0 radical (unpaired) electrons. The molecule has 53 heavy (non-hydrogen) atoms. The highest BCUT2D eigenvalue weighted by Crippen LogP contribution is 2.23. The molecule has 5 atom stereocenters. The van der Waals surface area contributed by atoms with E-state index in [-0.39, 0.29) is 31.8 Å². The standard InChI is InChI=1S/C39H56N6O7S/c1-38(2,3)33(41-21-22-42-53(7,51)52)35(47)44-31(24-26-13-9-8-10-14-26)32(46)25-29(43-36(48)34(39(4,5)6)45-37(49)50)23-27-16-18-28(19-17-27)30-15-11-12-20-40-30/h8-20,29,31-34,41-42,45-46H,21-25H2,1-7H3,(H,43,48)(H,44,47)(H,49,50)/t29-,31+,32+,33-,34-/m1/s1. The lowest BCUT2D eigenvalue weighted by atomic mass is 9.85. The first-order valence-corrected chi connectivity index (χ1v) is 19.6. The molecule has 3 aromatic rings. The molecular formula is C39H56N6O7S. The summed E-state index contributed by atoms with van der Waals surface area (Å²) < 4.78 is 25.6. The second-order valence-corrected chi connectivity index (χ2v) is 17.4.